The summed E-state index contributed by atoms with van der Waals surface area (Å²) in [6.45, 7) is 4.31. The van der Waals surface area contributed by atoms with Gasteiger partial charge in [-0.15, -0.1) is 0 Å². The predicted molar refractivity (Wildman–Crippen MR) is 123 cm³/mol. The molecule has 0 spiro atoms. The number of benzene rings is 3. The Morgan fingerprint density at radius 2 is 1.77 bits per heavy atom. The summed E-state index contributed by atoms with van der Waals surface area (Å²) in [5.41, 5.74) is 3.24. The van der Waals surface area contributed by atoms with E-state index in [4.69, 9.17) is 18.9 Å². The molecule has 3 aromatic rings. The van der Waals surface area contributed by atoms with Crippen molar-refractivity contribution in [1.29, 1.82) is 0 Å². The Morgan fingerprint density at radius 3 is 2.42 bits per heavy atom. The first-order chi connectivity index (χ1) is 15.1. The molecule has 0 saturated heterocycles. The van der Waals surface area contributed by atoms with Crippen LogP contribution >= 0.6 is 0 Å². The summed E-state index contributed by atoms with van der Waals surface area (Å²) in [4.78, 5) is 12.8. The molecule has 162 valence electrons. The maximum absolute atomic E-state index is 12.8. The molecule has 0 heterocycles. The summed E-state index contributed by atoms with van der Waals surface area (Å²) in [5.74, 6) is 0.839. The third-order valence-corrected chi connectivity index (χ3v) is 5.00. The summed E-state index contributed by atoms with van der Waals surface area (Å²) >= 11 is 0. The monoisotopic (exact) mass is 420 g/mol. The highest BCUT2D eigenvalue weighted by Gasteiger charge is 2.19. The zero-order chi connectivity index (χ0) is 22.2. The molecule has 3 rings (SSSR count). The van der Waals surface area contributed by atoms with Crippen LogP contribution in [0.5, 0.6) is 11.5 Å². The van der Waals surface area contributed by atoms with Crippen molar-refractivity contribution in [2.75, 3.05) is 27.6 Å². The van der Waals surface area contributed by atoms with Gasteiger partial charge in [-0.05, 0) is 47.6 Å². The molecule has 3 aromatic carbocycles. The lowest BCUT2D eigenvalue weighted by Crippen LogP contribution is -2.07. The number of methoxy groups -OCH3 is 2. The van der Waals surface area contributed by atoms with Crippen molar-refractivity contribution in [3.05, 3.63) is 71.3 Å². The molecule has 0 unspecified atom stereocenters. The number of carbonyl (C=O) groups excluding carboxylic acids is 1. The maximum Gasteiger partial charge on any atom is 0.338 e. The van der Waals surface area contributed by atoms with Crippen molar-refractivity contribution < 1.29 is 23.7 Å². The van der Waals surface area contributed by atoms with Gasteiger partial charge in [-0.1, -0.05) is 55.5 Å². The lowest BCUT2D eigenvalue weighted by molar-refractivity contribution is -0.136. The lowest BCUT2D eigenvalue weighted by Gasteiger charge is -2.18. The van der Waals surface area contributed by atoms with Gasteiger partial charge in [0.15, 0.2) is 18.3 Å². The van der Waals surface area contributed by atoms with Gasteiger partial charge in [-0.2, -0.15) is 0 Å². The smallest absolute Gasteiger partial charge is 0.338 e. The SMILES string of the molecule is CCOC(=O)/C(=C/c1cc(OC)c(OCOC)c2c(CC)cccc12)c1ccccc1. The minimum atomic E-state index is -0.368. The van der Waals surface area contributed by atoms with Crippen molar-refractivity contribution in [3.63, 3.8) is 0 Å². The lowest BCUT2D eigenvalue weighted by atomic mass is 9.94. The van der Waals surface area contributed by atoms with E-state index in [0.29, 0.717) is 23.7 Å². The second-order valence-corrected chi connectivity index (χ2v) is 6.89. The number of carbonyl (C=O) groups is 1. The van der Waals surface area contributed by atoms with Crippen molar-refractivity contribution >= 4 is 28.4 Å². The van der Waals surface area contributed by atoms with Gasteiger partial charge < -0.3 is 18.9 Å². The van der Waals surface area contributed by atoms with Gasteiger partial charge in [0.1, 0.15) is 0 Å². The molecule has 31 heavy (non-hydrogen) atoms. The van der Waals surface area contributed by atoms with Gasteiger partial charge in [-0.25, -0.2) is 4.79 Å². The molecule has 0 amide bonds. The predicted octanol–water partition coefficient (Wildman–Crippen LogP) is 5.50. The van der Waals surface area contributed by atoms with E-state index in [1.54, 1.807) is 21.1 Å². The first-order valence-corrected chi connectivity index (χ1v) is 10.3. The molecule has 0 bridgehead atoms. The van der Waals surface area contributed by atoms with Gasteiger partial charge in [0, 0.05) is 12.5 Å². The molecule has 0 N–H and O–H groups in total. The summed E-state index contributed by atoms with van der Waals surface area (Å²) in [6, 6.07) is 17.5. The van der Waals surface area contributed by atoms with Gasteiger partial charge in [0.2, 0.25) is 0 Å². The van der Waals surface area contributed by atoms with Gasteiger partial charge >= 0.3 is 5.97 Å². The molecule has 0 atom stereocenters. The van der Waals surface area contributed by atoms with Crippen LogP contribution in [0.4, 0.5) is 0 Å². The van der Waals surface area contributed by atoms with Crippen molar-refractivity contribution in [2.45, 2.75) is 20.3 Å². The highest BCUT2D eigenvalue weighted by atomic mass is 16.7. The topological polar surface area (TPSA) is 54.0 Å². The molecule has 0 saturated carbocycles. The first-order valence-electron chi connectivity index (χ1n) is 10.3. The average molecular weight is 421 g/mol. The van der Waals surface area contributed by atoms with Crippen LogP contribution in [0.2, 0.25) is 0 Å². The molecule has 0 aliphatic rings. The number of aryl methyl sites for hydroxylation is 1. The maximum atomic E-state index is 12.8. The van der Waals surface area contributed by atoms with Crippen LogP contribution in [0, 0.1) is 0 Å². The van der Waals surface area contributed by atoms with Crippen LogP contribution in [0.25, 0.3) is 22.4 Å². The van der Waals surface area contributed by atoms with E-state index in [9.17, 15) is 4.79 Å². The molecular weight excluding hydrogens is 392 g/mol. The molecule has 0 aromatic heterocycles. The van der Waals surface area contributed by atoms with E-state index < -0.39 is 0 Å². The van der Waals surface area contributed by atoms with Crippen LogP contribution in [0.3, 0.4) is 0 Å². The zero-order valence-corrected chi connectivity index (χ0v) is 18.4. The summed E-state index contributed by atoms with van der Waals surface area (Å²) in [6.07, 6.45) is 2.68. The van der Waals surface area contributed by atoms with Crippen LogP contribution in [0.1, 0.15) is 30.5 Å². The van der Waals surface area contributed by atoms with Crippen molar-refractivity contribution in [3.8, 4) is 11.5 Å². The van der Waals surface area contributed by atoms with Crippen molar-refractivity contribution in [2.24, 2.45) is 0 Å². The quantitative estimate of drug-likeness (QED) is 0.198. The van der Waals surface area contributed by atoms with E-state index in [1.165, 1.54) is 0 Å². The van der Waals surface area contributed by atoms with E-state index in [0.717, 1.165) is 33.9 Å². The van der Waals surface area contributed by atoms with Gasteiger partial charge in [-0.3, -0.25) is 0 Å². The second-order valence-electron chi connectivity index (χ2n) is 6.89. The Balaban J connectivity index is 2.31. The standard InChI is InChI=1S/C26H28O5/c1-5-18-13-10-14-21-20(16-23(29-4)25(24(18)21)31-17-28-3)15-22(26(27)30-6-2)19-11-8-7-9-12-19/h7-16H,5-6,17H2,1-4H3/b22-15+. The van der Waals surface area contributed by atoms with Crippen LogP contribution < -0.4 is 9.47 Å². The molecule has 0 fully saturated rings. The molecule has 0 aliphatic heterocycles. The van der Waals surface area contributed by atoms with E-state index >= 15 is 0 Å². The van der Waals surface area contributed by atoms with E-state index in [-0.39, 0.29) is 12.8 Å². The fourth-order valence-corrected chi connectivity index (χ4v) is 3.59. The van der Waals surface area contributed by atoms with Crippen LogP contribution in [0.15, 0.2) is 54.6 Å². The number of ether oxygens (including phenoxy) is 4. The van der Waals surface area contributed by atoms with Crippen LogP contribution in [-0.4, -0.2) is 33.6 Å². The van der Waals surface area contributed by atoms with Crippen LogP contribution in [-0.2, 0) is 20.7 Å². The molecule has 0 radical (unpaired) electrons. The Labute approximate surface area is 183 Å². The van der Waals surface area contributed by atoms with Gasteiger partial charge in [0.05, 0.1) is 19.3 Å². The highest BCUT2D eigenvalue weighted by Crippen LogP contribution is 2.41. The normalized spacial score (nSPS) is 11.4. The molecule has 5 heteroatoms. The first kappa shape index (κ1) is 22.4. The Kier molecular flexibility index (Phi) is 7.68. The molecular formula is C26H28O5. The van der Waals surface area contributed by atoms with Crippen molar-refractivity contribution in [1.82, 2.24) is 0 Å². The third kappa shape index (κ3) is 4.89. The Bertz CT molecular complexity index is 1070. The summed E-state index contributed by atoms with van der Waals surface area (Å²) < 4.78 is 22.0. The Hall–Kier alpha value is -3.31. The number of hydrogen-bond acceptors (Lipinski definition) is 5. The minimum Gasteiger partial charge on any atom is -0.493 e. The number of hydrogen-bond donors (Lipinski definition) is 0. The fourth-order valence-electron chi connectivity index (χ4n) is 3.59. The van der Waals surface area contributed by atoms with Gasteiger partial charge in [0.25, 0.3) is 0 Å². The largest absolute Gasteiger partial charge is 0.493 e. The molecule has 5 nitrogen and oxygen atoms in total. The van der Waals surface area contributed by atoms with E-state index in [2.05, 4.69) is 13.0 Å². The highest BCUT2D eigenvalue weighted by molar-refractivity contribution is 6.22. The summed E-state index contributed by atoms with van der Waals surface area (Å²) in [7, 11) is 3.18. The zero-order valence-electron chi connectivity index (χ0n) is 18.4. The minimum absolute atomic E-state index is 0.108. The number of rotatable bonds is 9. The number of esters is 1. The second kappa shape index (κ2) is 10.6. The third-order valence-electron chi connectivity index (χ3n) is 5.00. The summed E-state index contributed by atoms with van der Waals surface area (Å²) in [5, 5.41) is 1.91. The Morgan fingerprint density at radius 1 is 1.00 bits per heavy atom. The number of fused-ring (bicyclic) bond motifs is 1. The molecule has 0 aliphatic carbocycles. The van der Waals surface area contributed by atoms with E-state index in [1.807, 2.05) is 54.6 Å². The fraction of sp³-hybridized carbons (Fsp3) is 0.269. The average Bonchev–Trinajstić information content (AvgIpc) is 2.81.